The smallest absolute Gasteiger partial charge is 0.141 e. The molecular formula is C14H18ClFN2O. The molecule has 2 aliphatic heterocycles. The molecule has 0 aromatic heterocycles. The Kier molecular flexibility index (Phi) is 3.76. The van der Waals surface area contributed by atoms with Crippen molar-refractivity contribution in [1.29, 1.82) is 0 Å². The van der Waals surface area contributed by atoms with Crippen molar-refractivity contribution in [1.82, 2.24) is 4.90 Å². The fraction of sp³-hybridized carbons (Fsp3) is 0.571. The molecule has 5 heteroatoms. The minimum atomic E-state index is -0.386. The molecule has 2 saturated heterocycles. The molecule has 0 aliphatic carbocycles. The Balaban J connectivity index is 1.81. The Bertz CT molecular complexity index is 459. The summed E-state index contributed by atoms with van der Waals surface area (Å²) in [6.45, 7) is 2.29. The molecule has 1 aromatic carbocycles. The first-order valence-corrected chi connectivity index (χ1v) is 7.09. The molecule has 3 nitrogen and oxygen atoms in total. The van der Waals surface area contributed by atoms with Crippen LogP contribution in [0, 0.1) is 5.82 Å². The fourth-order valence-corrected chi connectivity index (χ4v) is 3.31. The van der Waals surface area contributed by atoms with E-state index in [0.717, 1.165) is 31.5 Å². The van der Waals surface area contributed by atoms with E-state index in [1.165, 1.54) is 6.07 Å². The van der Waals surface area contributed by atoms with Crippen LogP contribution in [0.2, 0.25) is 5.02 Å². The van der Waals surface area contributed by atoms with Gasteiger partial charge in [0.2, 0.25) is 0 Å². The van der Waals surface area contributed by atoms with Gasteiger partial charge in [0.1, 0.15) is 5.82 Å². The predicted octanol–water partition coefficient (Wildman–Crippen LogP) is 2.34. The summed E-state index contributed by atoms with van der Waals surface area (Å²) >= 11 is 5.86. The van der Waals surface area contributed by atoms with E-state index >= 15 is 0 Å². The number of halogens is 2. The third kappa shape index (κ3) is 2.63. The van der Waals surface area contributed by atoms with Gasteiger partial charge in [-0.25, -0.2) is 4.39 Å². The number of nitrogens with zero attached hydrogens (tertiary/aromatic N) is 1. The zero-order valence-corrected chi connectivity index (χ0v) is 11.4. The first-order chi connectivity index (χ1) is 9.17. The SMILES string of the molecule is NCC(c1ccc(F)c(Cl)c1)N1CC2CCC(C1)O2. The molecule has 1 aromatic rings. The lowest BCUT2D eigenvalue weighted by molar-refractivity contribution is -0.0521. The molecule has 2 aliphatic rings. The van der Waals surface area contributed by atoms with Crippen LogP contribution in [0.1, 0.15) is 24.4 Å². The minimum Gasteiger partial charge on any atom is -0.372 e. The molecule has 2 N–H and O–H groups in total. The number of hydrogen-bond donors (Lipinski definition) is 1. The summed E-state index contributed by atoms with van der Waals surface area (Å²) in [4.78, 5) is 2.34. The van der Waals surface area contributed by atoms with Gasteiger partial charge in [0, 0.05) is 25.7 Å². The Morgan fingerprint density at radius 3 is 2.63 bits per heavy atom. The van der Waals surface area contributed by atoms with E-state index in [1.54, 1.807) is 12.1 Å². The van der Waals surface area contributed by atoms with E-state index in [4.69, 9.17) is 22.1 Å². The van der Waals surface area contributed by atoms with Gasteiger partial charge < -0.3 is 10.5 Å². The number of fused-ring (bicyclic) bond motifs is 2. The van der Waals surface area contributed by atoms with Crippen LogP contribution in [0.4, 0.5) is 4.39 Å². The third-order valence-corrected chi connectivity index (χ3v) is 4.35. The van der Waals surface area contributed by atoms with Gasteiger partial charge in [-0.15, -0.1) is 0 Å². The standard InChI is InChI=1S/C14H18ClFN2O/c15-12-5-9(1-4-13(12)16)14(6-17)18-7-10-2-3-11(8-18)19-10/h1,4-5,10-11,14H,2-3,6-8,17H2. The summed E-state index contributed by atoms with van der Waals surface area (Å²) < 4.78 is 19.1. The van der Waals surface area contributed by atoms with Crippen LogP contribution < -0.4 is 5.73 Å². The highest BCUT2D eigenvalue weighted by Gasteiger charge is 2.36. The van der Waals surface area contributed by atoms with E-state index in [1.807, 2.05) is 0 Å². The highest BCUT2D eigenvalue weighted by Crippen LogP contribution is 2.32. The molecule has 2 heterocycles. The zero-order chi connectivity index (χ0) is 13.4. The summed E-state index contributed by atoms with van der Waals surface area (Å²) in [7, 11) is 0. The van der Waals surface area contributed by atoms with Gasteiger partial charge in [-0.3, -0.25) is 4.90 Å². The average Bonchev–Trinajstić information content (AvgIpc) is 2.74. The Hall–Kier alpha value is -0.680. The minimum absolute atomic E-state index is 0.0881. The molecule has 3 rings (SSSR count). The lowest BCUT2D eigenvalue weighted by Crippen LogP contribution is -2.46. The monoisotopic (exact) mass is 284 g/mol. The second kappa shape index (κ2) is 5.37. The predicted molar refractivity (Wildman–Crippen MR) is 72.7 cm³/mol. The number of benzene rings is 1. The summed E-state index contributed by atoms with van der Waals surface area (Å²) in [5.41, 5.74) is 6.90. The highest BCUT2D eigenvalue weighted by molar-refractivity contribution is 6.30. The van der Waals surface area contributed by atoms with Gasteiger partial charge >= 0.3 is 0 Å². The van der Waals surface area contributed by atoms with Gasteiger partial charge in [-0.1, -0.05) is 17.7 Å². The van der Waals surface area contributed by atoms with Gasteiger partial charge in [-0.2, -0.15) is 0 Å². The van der Waals surface area contributed by atoms with Crippen molar-refractivity contribution in [2.24, 2.45) is 5.73 Å². The van der Waals surface area contributed by atoms with Crippen LogP contribution in [0.5, 0.6) is 0 Å². The molecule has 2 fully saturated rings. The van der Waals surface area contributed by atoms with Crippen molar-refractivity contribution >= 4 is 11.6 Å². The van der Waals surface area contributed by atoms with E-state index < -0.39 is 0 Å². The van der Waals surface area contributed by atoms with Crippen LogP contribution in [-0.2, 0) is 4.74 Å². The second-order valence-electron chi connectivity index (χ2n) is 5.34. The molecule has 3 atom stereocenters. The molecule has 0 saturated carbocycles. The third-order valence-electron chi connectivity index (χ3n) is 4.06. The first kappa shape index (κ1) is 13.3. The van der Waals surface area contributed by atoms with Crippen LogP contribution in [0.25, 0.3) is 0 Å². The summed E-state index contributed by atoms with van der Waals surface area (Å²) in [6.07, 6.45) is 2.90. The van der Waals surface area contributed by atoms with Gasteiger partial charge in [0.05, 0.1) is 17.2 Å². The van der Waals surface area contributed by atoms with Gasteiger partial charge in [0.25, 0.3) is 0 Å². The molecule has 19 heavy (non-hydrogen) atoms. The molecule has 0 spiro atoms. The van der Waals surface area contributed by atoms with Crippen LogP contribution >= 0.6 is 11.6 Å². The topological polar surface area (TPSA) is 38.5 Å². The highest BCUT2D eigenvalue weighted by atomic mass is 35.5. The normalized spacial score (nSPS) is 28.6. The van der Waals surface area contributed by atoms with Crippen molar-refractivity contribution in [2.45, 2.75) is 31.1 Å². The van der Waals surface area contributed by atoms with E-state index in [2.05, 4.69) is 4.90 Å². The number of morpholine rings is 1. The van der Waals surface area contributed by atoms with E-state index in [9.17, 15) is 4.39 Å². The number of likely N-dealkylation sites (tertiary alicyclic amines) is 1. The maximum absolute atomic E-state index is 13.2. The summed E-state index contributed by atoms with van der Waals surface area (Å²) in [5.74, 6) is -0.386. The van der Waals surface area contributed by atoms with Gasteiger partial charge in [0.15, 0.2) is 0 Å². The lowest BCUT2D eigenvalue weighted by atomic mass is 10.0. The number of hydrogen-bond acceptors (Lipinski definition) is 3. The second-order valence-corrected chi connectivity index (χ2v) is 5.74. The van der Waals surface area contributed by atoms with Gasteiger partial charge in [-0.05, 0) is 30.5 Å². The van der Waals surface area contributed by atoms with Crippen molar-refractivity contribution < 1.29 is 9.13 Å². The lowest BCUT2D eigenvalue weighted by Gasteiger charge is -2.37. The maximum Gasteiger partial charge on any atom is 0.141 e. The largest absolute Gasteiger partial charge is 0.372 e. The van der Waals surface area contributed by atoms with Crippen molar-refractivity contribution in [3.63, 3.8) is 0 Å². The fourth-order valence-electron chi connectivity index (χ4n) is 3.12. The quantitative estimate of drug-likeness (QED) is 0.926. The van der Waals surface area contributed by atoms with Crippen molar-refractivity contribution in [3.8, 4) is 0 Å². The van der Waals surface area contributed by atoms with Crippen LogP contribution in [0.3, 0.4) is 0 Å². The summed E-state index contributed by atoms with van der Waals surface area (Å²) in [6, 6.07) is 4.96. The average molecular weight is 285 g/mol. The molecule has 0 radical (unpaired) electrons. The Labute approximate surface area is 117 Å². The number of ether oxygens (including phenoxy) is 1. The Morgan fingerprint density at radius 2 is 2.05 bits per heavy atom. The van der Waals surface area contributed by atoms with Crippen molar-refractivity contribution in [2.75, 3.05) is 19.6 Å². The Morgan fingerprint density at radius 1 is 1.37 bits per heavy atom. The molecule has 3 unspecified atom stereocenters. The molecule has 2 bridgehead atoms. The van der Waals surface area contributed by atoms with E-state index in [-0.39, 0.29) is 16.9 Å². The molecular weight excluding hydrogens is 267 g/mol. The molecule has 104 valence electrons. The summed E-state index contributed by atoms with van der Waals surface area (Å²) in [5, 5.41) is 0.159. The number of rotatable bonds is 3. The number of nitrogens with two attached hydrogens (primary N) is 1. The zero-order valence-electron chi connectivity index (χ0n) is 10.7. The first-order valence-electron chi connectivity index (χ1n) is 6.72. The van der Waals surface area contributed by atoms with E-state index in [0.29, 0.717) is 18.8 Å². The van der Waals surface area contributed by atoms with Crippen LogP contribution in [0.15, 0.2) is 18.2 Å². The van der Waals surface area contributed by atoms with Crippen LogP contribution in [-0.4, -0.2) is 36.7 Å². The maximum atomic E-state index is 13.2. The molecule has 0 amide bonds. The van der Waals surface area contributed by atoms with Crippen molar-refractivity contribution in [3.05, 3.63) is 34.6 Å².